The fraction of sp³-hybridized carbons (Fsp3) is 0.250. The summed E-state index contributed by atoms with van der Waals surface area (Å²) in [5.74, 6) is -0.828. The maximum absolute atomic E-state index is 13.3. The van der Waals surface area contributed by atoms with Gasteiger partial charge in [-0.2, -0.15) is 0 Å². The van der Waals surface area contributed by atoms with Crippen LogP contribution in [0.4, 0.5) is 5.00 Å². The minimum atomic E-state index is -0.542. The van der Waals surface area contributed by atoms with E-state index in [4.69, 9.17) is 4.42 Å². The molecule has 0 radical (unpaired) electrons. The number of aryl methyl sites for hydroxylation is 3. The molecule has 0 atom stereocenters. The number of amides is 2. The van der Waals surface area contributed by atoms with Crippen molar-refractivity contribution in [1.82, 2.24) is 5.32 Å². The number of nitrogens with one attached hydrogen (secondary N) is 2. The van der Waals surface area contributed by atoms with Crippen molar-refractivity contribution < 1.29 is 14.0 Å². The minimum Gasteiger partial charge on any atom is -0.450 e. The van der Waals surface area contributed by atoms with Crippen LogP contribution < -0.4 is 16.1 Å². The predicted octanol–water partition coefficient (Wildman–Crippen LogP) is 5.53. The van der Waals surface area contributed by atoms with E-state index in [0.29, 0.717) is 28.1 Å². The topological polar surface area (TPSA) is 88.4 Å². The lowest BCUT2D eigenvalue weighted by Gasteiger charge is -2.13. The highest BCUT2D eigenvalue weighted by Gasteiger charge is 2.27. The molecule has 1 aliphatic carbocycles. The fourth-order valence-electron chi connectivity index (χ4n) is 4.65. The summed E-state index contributed by atoms with van der Waals surface area (Å²) >= 11 is 1.44. The highest BCUT2D eigenvalue weighted by Crippen LogP contribution is 2.38. The maximum Gasteiger partial charge on any atom is 0.292 e. The second-order valence-corrected chi connectivity index (χ2v) is 10.1. The first-order chi connectivity index (χ1) is 16.9. The average Bonchev–Trinajstić information content (AvgIpc) is 3.21. The van der Waals surface area contributed by atoms with Crippen molar-refractivity contribution in [2.45, 2.75) is 46.1 Å². The monoisotopic (exact) mass is 486 g/mol. The van der Waals surface area contributed by atoms with Gasteiger partial charge >= 0.3 is 0 Å². The van der Waals surface area contributed by atoms with Crippen LogP contribution in [-0.2, 0) is 19.4 Å². The molecule has 1 aliphatic rings. The molecule has 2 amide bonds. The van der Waals surface area contributed by atoms with Crippen LogP contribution >= 0.6 is 11.3 Å². The Morgan fingerprint density at radius 2 is 1.77 bits per heavy atom. The van der Waals surface area contributed by atoms with Gasteiger partial charge in [0.05, 0.1) is 10.9 Å². The molecule has 6 nitrogen and oxygen atoms in total. The number of benzene rings is 2. The molecule has 4 aromatic rings. The third kappa shape index (κ3) is 4.64. The van der Waals surface area contributed by atoms with E-state index in [9.17, 15) is 14.4 Å². The molecular formula is C28H26N2O4S. The molecule has 2 heterocycles. The Bertz CT molecular complexity index is 1500. The second kappa shape index (κ2) is 9.50. The van der Waals surface area contributed by atoms with Crippen molar-refractivity contribution in [2.24, 2.45) is 0 Å². The molecule has 2 aromatic carbocycles. The van der Waals surface area contributed by atoms with Gasteiger partial charge in [-0.1, -0.05) is 36.4 Å². The first kappa shape index (κ1) is 23.1. The average molecular weight is 487 g/mol. The molecule has 0 saturated carbocycles. The lowest BCUT2D eigenvalue weighted by Crippen LogP contribution is -2.25. The Morgan fingerprint density at radius 1 is 1.00 bits per heavy atom. The van der Waals surface area contributed by atoms with Crippen LogP contribution in [0.2, 0.25) is 0 Å². The zero-order chi connectivity index (χ0) is 24.5. The summed E-state index contributed by atoms with van der Waals surface area (Å²) in [7, 11) is 0. The van der Waals surface area contributed by atoms with Gasteiger partial charge in [-0.25, -0.2) is 0 Å². The molecule has 0 bridgehead atoms. The largest absolute Gasteiger partial charge is 0.450 e. The van der Waals surface area contributed by atoms with Crippen LogP contribution in [-0.4, -0.2) is 11.8 Å². The van der Waals surface area contributed by atoms with Crippen molar-refractivity contribution in [3.8, 4) is 0 Å². The number of thiophene rings is 1. The van der Waals surface area contributed by atoms with Crippen LogP contribution in [0, 0.1) is 13.8 Å². The molecule has 0 unspecified atom stereocenters. The van der Waals surface area contributed by atoms with Gasteiger partial charge in [-0.15, -0.1) is 11.3 Å². The Hall–Kier alpha value is -3.71. The SMILES string of the molecule is Cc1cc(C)c2oc(C(=O)Nc3sc4c(c3C(=O)NCc3ccccc3)CCCC4)cc(=O)c2c1. The van der Waals surface area contributed by atoms with Crippen LogP contribution in [0.3, 0.4) is 0 Å². The molecule has 2 aromatic heterocycles. The quantitative estimate of drug-likeness (QED) is 0.388. The number of rotatable bonds is 5. The van der Waals surface area contributed by atoms with Crippen molar-refractivity contribution in [3.05, 3.63) is 97.2 Å². The van der Waals surface area contributed by atoms with Crippen molar-refractivity contribution in [1.29, 1.82) is 0 Å². The van der Waals surface area contributed by atoms with E-state index in [-0.39, 0.29) is 17.1 Å². The molecule has 0 aliphatic heterocycles. The van der Waals surface area contributed by atoms with Gasteiger partial charge in [0, 0.05) is 17.5 Å². The summed E-state index contributed by atoms with van der Waals surface area (Å²) in [5, 5.41) is 6.81. The summed E-state index contributed by atoms with van der Waals surface area (Å²) in [6.45, 7) is 4.16. The number of anilines is 1. The number of hydrogen-bond donors (Lipinski definition) is 2. The van der Waals surface area contributed by atoms with Crippen molar-refractivity contribution in [3.63, 3.8) is 0 Å². The van der Waals surface area contributed by atoms with Gasteiger partial charge in [-0.3, -0.25) is 14.4 Å². The smallest absolute Gasteiger partial charge is 0.292 e. The number of hydrogen-bond acceptors (Lipinski definition) is 5. The Labute approximate surface area is 207 Å². The Morgan fingerprint density at radius 3 is 2.57 bits per heavy atom. The Balaban J connectivity index is 1.46. The first-order valence-electron chi connectivity index (χ1n) is 11.7. The van der Waals surface area contributed by atoms with Gasteiger partial charge in [0.1, 0.15) is 10.6 Å². The molecule has 5 rings (SSSR count). The number of carbonyl (C=O) groups excluding carboxylic acids is 2. The van der Waals surface area contributed by atoms with Gasteiger partial charge in [0.2, 0.25) is 0 Å². The van der Waals surface area contributed by atoms with E-state index in [1.54, 1.807) is 6.07 Å². The molecule has 35 heavy (non-hydrogen) atoms. The summed E-state index contributed by atoms with van der Waals surface area (Å²) in [4.78, 5) is 40.3. The van der Waals surface area contributed by atoms with E-state index in [0.717, 1.165) is 52.8 Å². The van der Waals surface area contributed by atoms with Crippen molar-refractivity contribution >= 4 is 39.1 Å². The van der Waals surface area contributed by atoms with E-state index < -0.39 is 5.91 Å². The molecule has 0 spiro atoms. The summed E-state index contributed by atoms with van der Waals surface area (Å²) < 4.78 is 5.86. The van der Waals surface area contributed by atoms with Crippen LogP contribution in [0.25, 0.3) is 11.0 Å². The highest BCUT2D eigenvalue weighted by atomic mass is 32.1. The lowest BCUT2D eigenvalue weighted by atomic mass is 9.95. The first-order valence-corrected chi connectivity index (χ1v) is 12.6. The van der Waals surface area contributed by atoms with Gasteiger partial charge in [-0.05, 0) is 67.9 Å². The normalized spacial score (nSPS) is 12.9. The summed E-state index contributed by atoms with van der Waals surface area (Å²) in [6, 6.07) is 14.6. The summed E-state index contributed by atoms with van der Waals surface area (Å²) in [5.41, 5.74) is 4.40. The van der Waals surface area contributed by atoms with E-state index >= 15 is 0 Å². The molecule has 2 N–H and O–H groups in total. The molecule has 7 heteroatoms. The van der Waals surface area contributed by atoms with E-state index in [1.165, 1.54) is 17.4 Å². The molecule has 178 valence electrons. The lowest BCUT2D eigenvalue weighted by molar-refractivity contribution is 0.0951. The number of carbonyl (C=O) groups is 2. The zero-order valence-electron chi connectivity index (χ0n) is 19.7. The fourth-order valence-corrected chi connectivity index (χ4v) is 5.93. The van der Waals surface area contributed by atoms with Crippen LogP contribution in [0.5, 0.6) is 0 Å². The van der Waals surface area contributed by atoms with Gasteiger partial charge < -0.3 is 15.1 Å². The molecule has 0 fully saturated rings. The van der Waals surface area contributed by atoms with Crippen LogP contribution in [0.1, 0.15) is 60.9 Å². The van der Waals surface area contributed by atoms with E-state index in [2.05, 4.69) is 10.6 Å². The van der Waals surface area contributed by atoms with E-state index in [1.807, 2.05) is 50.2 Å². The minimum absolute atomic E-state index is 0.0727. The van der Waals surface area contributed by atoms with Gasteiger partial charge in [0.25, 0.3) is 11.8 Å². The third-order valence-electron chi connectivity index (χ3n) is 6.30. The van der Waals surface area contributed by atoms with Crippen molar-refractivity contribution in [2.75, 3.05) is 5.32 Å². The standard InChI is InChI=1S/C28H26N2O4S/c1-16-12-17(2)25-20(13-16)21(31)14-22(34-25)26(32)30-28-24(19-10-6-7-11-23(19)35-28)27(33)29-15-18-8-4-3-5-9-18/h3-5,8-9,12-14H,6-7,10-11,15H2,1-2H3,(H,29,33)(H,30,32). The van der Waals surface area contributed by atoms with Crippen LogP contribution in [0.15, 0.2) is 57.7 Å². The predicted molar refractivity (Wildman–Crippen MR) is 138 cm³/mol. The summed E-state index contributed by atoms with van der Waals surface area (Å²) in [6.07, 6.45) is 3.76. The Kier molecular flexibility index (Phi) is 6.26. The maximum atomic E-state index is 13.3. The number of fused-ring (bicyclic) bond motifs is 2. The van der Waals surface area contributed by atoms with Gasteiger partial charge in [0.15, 0.2) is 11.2 Å². The zero-order valence-corrected chi connectivity index (χ0v) is 20.5. The second-order valence-electron chi connectivity index (χ2n) is 8.97. The molecular weight excluding hydrogens is 460 g/mol. The molecule has 0 saturated heterocycles. The highest BCUT2D eigenvalue weighted by molar-refractivity contribution is 7.17. The third-order valence-corrected chi connectivity index (χ3v) is 7.51.